The second-order valence-corrected chi connectivity index (χ2v) is 6.42. The van der Waals surface area contributed by atoms with E-state index in [1.165, 1.54) is 5.56 Å². The highest BCUT2D eigenvalue weighted by molar-refractivity contribution is 9.10. The quantitative estimate of drug-likeness (QED) is 0.826. The molecule has 2 saturated heterocycles. The van der Waals surface area contributed by atoms with E-state index in [0.29, 0.717) is 17.7 Å². The summed E-state index contributed by atoms with van der Waals surface area (Å²) in [6.45, 7) is 4.80. The predicted molar refractivity (Wildman–Crippen MR) is 80.3 cm³/mol. The third kappa shape index (κ3) is 2.75. The SMILES string of the molecule is CN1CCO[C@H]2CN(Cc3ccc(C#N)cc3Br)C[C@H]21. The van der Waals surface area contributed by atoms with Gasteiger partial charge in [0.05, 0.1) is 24.3 Å². The van der Waals surface area contributed by atoms with Crippen molar-refractivity contribution in [2.24, 2.45) is 0 Å². The Labute approximate surface area is 128 Å². The zero-order chi connectivity index (χ0) is 14.1. The summed E-state index contributed by atoms with van der Waals surface area (Å²) in [5.74, 6) is 0. The largest absolute Gasteiger partial charge is 0.374 e. The fourth-order valence-electron chi connectivity index (χ4n) is 3.05. The first kappa shape index (κ1) is 14.0. The summed E-state index contributed by atoms with van der Waals surface area (Å²) in [6.07, 6.45) is 0.339. The highest BCUT2D eigenvalue weighted by atomic mass is 79.9. The van der Waals surface area contributed by atoms with Crippen molar-refractivity contribution in [2.75, 3.05) is 33.3 Å². The van der Waals surface area contributed by atoms with Crippen molar-refractivity contribution in [1.29, 1.82) is 5.26 Å². The van der Waals surface area contributed by atoms with Gasteiger partial charge in [-0.15, -0.1) is 0 Å². The lowest BCUT2D eigenvalue weighted by Crippen LogP contribution is -2.48. The Morgan fingerprint density at radius 2 is 2.30 bits per heavy atom. The number of ether oxygens (including phenoxy) is 1. The molecule has 2 heterocycles. The lowest BCUT2D eigenvalue weighted by molar-refractivity contribution is -0.0370. The number of hydrogen-bond donors (Lipinski definition) is 0. The maximum Gasteiger partial charge on any atom is 0.0992 e. The summed E-state index contributed by atoms with van der Waals surface area (Å²) < 4.78 is 6.88. The molecule has 5 heteroatoms. The first-order valence-electron chi connectivity index (χ1n) is 6.90. The normalized spacial score (nSPS) is 27.2. The van der Waals surface area contributed by atoms with Crippen LogP contribution in [0.25, 0.3) is 0 Å². The average molecular weight is 336 g/mol. The van der Waals surface area contributed by atoms with Crippen LogP contribution in [0.2, 0.25) is 0 Å². The number of rotatable bonds is 2. The van der Waals surface area contributed by atoms with Gasteiger partial charge in [0.2, 0.25) is 0 Å². The maximum absolute atomic E-state index is 8.90. The van der Waals surface area contributed by atoms with Gasteiger partial charge in [0.1, 0.15) is 0 Å². The van der Waals surface area contributed by atoms with E-state index in [2.05, 4.69) is 38.8 Å². The smallest absolute Gasteiger partial charge is 0.0992 e. The third-order valence-corrected chi connectivity index (χ3v) is 4.97. The van der Waals surface area contributed by atoms with Gasteiger partial charge in [0.15, 0.2) is 0 Å². The molecule has 3 rings (SSSR count). The molecule has 106 valence electrons. The second kappa shape index (κ2) is 5.82. The second-order valence-electron chi connectivity index (χ2n) is 5.57. The zero-order valence-electron chi connectivity index (χ0n) is 11.6. The van der Waals surface area contributed by atoms with Crippen LogP contribution < -0.4 is 0 Å². The fraction of sp³-hybridized carbons (Fsp3) is 0.533. The van der Waals surface area contributed by atoms with Crippen molar-refractivity contribution in [3.63, 3.8) is 0 Å². The van der Waals surface area contributed by atoms with Gasteiger partial charge in [-0.25, -0.2) is 0 Å². The molecule has 0 radical (unpaired) electrons. The first-order chi connectivity index (χ1) is 9.67. The lowest BCUT2D eigenvalue weighted by Gasteiger charge is -2.33. The van der Waals surface area contributed by atoms with Crippen LogP contribution in [0, 0.1) is 11.3 Å². The van der Waals surface area contributed by atoms with Crippen LogP contribution >= 0.6 is 15.9 Å². The predicted octanol–water partition coefficient (Wildman–Crippen LogP) is 1.84. The van der Waals surface area contributed by atoms with E-state index >= 15 is 0 Å². The molecular formula is C15H18BrN3O. The molecule has 0 amide bonds. The number of likely N-dealkylation sites (tertiary alicyclic amines) is 1. The van der Waals surface area contributed by atoms with E-state index in [-0.39, 0.29) is 0 Å². The van der Waals surface area contributed by atoms with Gasteiger partial charge in [-0.1, -0.05) is 22.0 Å². The highest BCUT2D eigenvalue weighted by Crippen LogP contribution is 2.26. The van der Waals surface area contributed by atoms with E-state index < -0.39 is 0 Å². The van der Waals surface area contributed by atoms with Gasteiger partial charge in [0.25, 0.3) is 0 Å². The minimum Gasteiger partial charge on any atom is -0.374 e. The number of morpholine rings is 1. The van der Waals surface area contributed by atoms with Crippen LogP contribution in [0.1, 0.15) is 11.1 Å². The van der Waals surface area contributed by atoms with Crippen LogP contribution in [0.4, 0.5) is 0 Å². The summed E-state index contributed by atoms with van der Waals surface area (Å²) in [6, 6.07) is 8.49. The van der Waals surface area contributed by atoms with Crippen molar-refractivity contribution < 1.29 is 4.74 Å². The molecule has 0 N–H and O–H groups in total. The van der Waals surface area contributed by atoms with Gasteiger partial charge in [-0.3, -0.25) is 9.80 Å². The van der Waals surface area contributed by atoms with E-state index in [1.807, 2.05) is 18.2 Å². The molecule has 1 aromatic rings. The molecule has 2 fully saturated rings. The molecule has 0 aromatic heterocycles. The number of benzene rings is 1. The lowest BCUT2D eigenvalue weighted by atomic mass is 10.1. The number of fused-ring (bicyclic) bond motifs is 1. The average Bonchev–Trinajstić information content (AvgIpc) is 2.85. The Balaban J connectivity index is 1.69. The first-order valence-corrected chi connectivity index (χ1v) is 7.69. The molecule has 2 aliphatic rings. The Morgan fingerprint density at radius 1 is 1.45 bits per heavy atom. The van der Waals surface area contributed by atoms with Crippen LogP contribution in [0.3, 0.4) is 0 Å². The van der Waals surface area contributed by atoms with Gasteiger partial charge in [-0.2, -0.15) is 5.26 Å². The molecule has 2 aliphatic heterocycles. The number of nitriles is 1. The van der Waals surface area contributed by atoms with Crippen molar-refractivity contribution in [1.82, 2.24) is 9.80 Å². The standard InChI is InChI=1S/C15H18BrN3O/c1-18-4-5-20-15-10-19(9-14(15)18)8-12-3-2-11(7-17)6-13(12)16/h2-3,6,14-15H,4-5,8-10H2,1H3/t14-,15+/m1/s1. The fourth-order valence-corrected chi connectivity index (χ4v) is 3.55. The van der Waals surface area contributed by atoms with Crippen LogP contribution in [0.15, 0.2) is 22.7 Å². The van der Waals surface area contributed by atoms with Crippen molar-refractivity contribution in [2.45, 2.75) is 18.7 Å². The molecule has 0 bridgehead atoms. The van der Waals surface area contributed by atoms with Crippen LogP contribution in [-0.2, 0) is 11.3 Å². The Morgan fingerprint density at radius 3 is 3.00 bits per heavy atom. The van der Waals surface area contributed by atoms with E-state index in [4.69, 9.17) is 10.00 Å². The Bertz CT molecular complexity index is 542. The Kier molecular flexibility index (Phi) is 4.08. The molecular weight excluding hydrogens is 318 g/mol. The van der Waals surface area contributed by atoms with Gasteiger partial charge < -0.3 is 4.74 Å². The molecule has 4 nitrogen and oxygen atoms in total. The van der Waals surface area contributed by atoms with Gasteiger partial charge in [0, 0.05) is 36.7 Å². The van der Waals surface area contributed by atoms with Crippen LogP contribution in [-0.4, -0.2) is 55.2 Å². The van der Waals surface area contributed by atoms with E-state index in [0.717, 1.165) is 37.3 Å². The summed E-state index contributed by atoms with van der Waals surface area (Å²) in [4.78, 5) is 4.84. The van der Waals surface area contributed by atoms with E-state index in [9.17, 15) is 0 Å². The van der Waals surface area contributed by atoms with Gasteiger partial charge in [-0.05, 0) is 24.7 Å². The Hall–Kier alpha value is -0.930. The minimum atomic E-state index is 0.339. The maximum atomic E-state index is 8.90. The molecule has 20 heavy (non-hydrogen) atoms. The van der Waals surface area contributed by atoms with Crippen molar-refractivity contribution in [3.8, 4) is 6.07 Å². The minimum absolute atomic E-state index is 0.339. The third-order valence-electron chi connectivity index (χ3n) is 4.23. The van der Waals surface area contributed by atoms with E-state index in [1.54, 1.807) is 0 Å². The summed E-state index contributed by atoms with van der Waals surface area (Å²) >= 11 is 3.56. The van der Waals surface area contributed by atoms with Crippen molar-refractivity contribution in [3.05, 3.63) is 33.8 Å². The molecule has 1 aromatic carbocycles. The zero-order valence-corrected chi connectivity index (χ0v) is 13.1. The molecule has 0 unspecified atom stereocenters. The monoisotopic (exact) mass is 335 g/mol. The molecule has 0 spiro atoms. The summed E-state index contributed by atoms with van der Waals surface area (Å²) in [7, 11) is 2.18. The van der Waals surface area contributed by atoms with Crippen molar-refractivity contribution >= 4 is 15.9 Å². The number of nitrogens with zero attached hydrogens (tertiary/aromatic N) is 3. The number of halogens is 1. The summed E-state index contributed by atoms with van der Waals surface area (Å²) in [5.41, 5.74) is 1.92. The molecule has 2 atom stereocenters. The highest BCUT2D eigenvalue weighted by Gasteiger charge is 2.38. The number of hydrogen-bond acceptors (Lipinski definition) is 4. The van der Waals surface area contributed by atoms with Crippen LogP contribution in [0.5, 0.6) is 0 Å². The summed E-state index contributed by atoms with van der Waals surface area (Å²) in [5, 5.41) is 8.90. The number of likely N-dealkylation sites (N-methyl/N-ethyl adjacent to an activating group) is 1. The topological polar surface area (TPSA) is 39.5 Å². The molecule has 0 saturated carbocycles. The molecule has 0 aliphatic carbocycles. The van der Waals surface area contributed by atoms with Gasteiger partial charge >= 0.3 is 0 Å².